The Hall–Kier alpha value is -2.22. The molecule has 1 aromatic rings. The normalized spacial score (nSPS) is 24.3. The molecule has 0 spiro atoms. The van der Waals surface area contributed by atoms with E-state index in [1.165, 1.54) is 14.2 Å². The predicted molar refractivity (Wildman–Crippen MR) is 95.6 cm³/mol. The van der Waals surface area contributed by atoms with Crippen LogP contribution in [0.1, 0.15) is 30.1 Å². The summed E-state index contributed by atoms with van der Waals surface area (Å²) < 4.78 is 15.5. The molecule has 1 aromatic carbocycles. The fraction of sp³-hybridized carbons (Fsp3) is 0.500. The second-order valence-electron chi connectivity index (χ2n) is 6.37. The van der Waals surface area contributed by atoms with Crippen molar-refractivity contribution in [2.75, 3.05) is 26.6 Å². The first-order valence-electron chi connectivity index (χ1n) is 8.27. The van der Waals surface area contributed by atoms with Crippen molar-refractivity contribution in [3.05, 3.63) is 23.8 Å². The molecule has 0 saturated carbocycles. The lowest BCUT2D eigenvalue weighted by atomic mass is 10.1. The predicted octanol–water partition coefficient (Wildman–Crippen LogP) is 1.88. The summed E-state index contributed by atoms with van der Waals surface area (Å²) in [6.45, 7) is 1.58. The highest BCUT2D eigenvalue weighted by atomic mass is 32.2. The molecule has 0 N–H and O–H groups in total. The minimum absolute atomic E-state index is 0.0364. The van der Waals surface area contributed by atoms with Gasteiger partial charge >= 0.3 is 5.97 Å². The van der Waals surface area contributed by atoms with Crippen LogP contribution in [-0.4, -0.2) is 60.1 Å². The monoisotopic (exact) mass is 379 g/mol. The van der Waals surface area contributed by atoms with Crippen molar-refractivity contribution in [3.8, 4) is 11.5 Å². The van der Waals surface area contributed by atoms with E-state index in [4.69, 9.17) is 14.2 Å². The van der Waals surface area contributed by atoms with Gasteiger partial charge in [-0.05, 0) is 31.5 Å². The molecule has 0 bridgehead atoms. The van der Waals surface area contributed by atoms with Crippen LogP contribution in [0.15, 0.2) is 18.2 Å². The Balaban J connectivity index is 1.63. The Labute approximate surface area is 156 Å². The Morgan fingerprint density at radius 2 is 2.00 bits per heavy atom. The van der Waals surface area contributed by atoms with Gasteiger partial charge in [0.25, 0.3) is 0 Å². The van der Waals surface area contributed by atoms with E-state index >= 15 is 0 Å². The highest BCUT2D eigenvalue weighted by molar-refractivity contribution is 8.01. The second kappa shape index (κ2) is 7.19. The number of ketones is 1. The van der Waals surface area contributed by atoms with Gasteiger partial charge in [0.15, 0.2) is 23.9 Å². The van der Waals surface area contributed by atoms with Crippen molar-refractivity contribution >= 4 is 29.4 Å². The summed E-state index contributed by atoms with van der Waals surface area (Å²) >= 11 is 1.58. The standard InChI is InChI=1S/C18H21NO6S/c1-18-7-6-16(21)19(18)12(10-26-18)17(22)25-9-13(20)11-4-5-14(23-2)15(8-11)24-3/h4-5,8,12H,6-7,9-10H2,1-3H3/t12-,18+/m0/s1. The van der Waals surface area contributed by atoms with Crippen molar-refractivity contribution < 1.29 is 28.6 Å². The molecule has 8 heteroatoms. The lowest BCUT2D eigenvalue weighted by Gasteiger charge is -2.29. The lowest BCUT2D eigenvalue weighted by molar-refractivity contribution is -0.152. The molecule has 7 nitrogen and oxygen atoms in total. The van der Waals surface area contributed by atoms with Crippen molar-refractivity contribution in [1.29, 1.82) is 0 Å². The molecule has 3 rings (SSSR count). The van der Waals surface area contributed by atoms with Gasteiger partial charge in [0.1, 0.15) is 6.04 Å². The number of nitrogens with zero attached hydrogens (tertiary/aromatic N) is 1. The van der Waals surface area contributed by atoms with Crippen LogP contribution >= 0.6 is 11.8 Å². The fourth-order valence-electron chi connectivity index (χ4n) is 3.32. The summed E-state index contributed by atoms with van der Waals surface area (Å²) in [6.07, 6.45) is 1.17. The molecule has 2 aliphatic heterocycles. The number of hydrogen-bond acceptors (Lipinski definition) is 7. The van der Waals surface area contributed by atoms with Crippen LogP contribution in [0.2, 0.25) is 0 Å². The smallest absolute Gasteiger partial charge is 0.330 e. The summed E-state index contributed by atoms with van der Waals surface area (Å²) in [4.78, 5) is 38.1. The van der Waals surface area contributed by atoms with Crippen LogP contribution < -0.4 is 9.47 Å². The molecular formula is C18H21NO6S. The third-order valence-electron chi connectivity index (χ3n) is 4.77. The molecule has 26 heavy (non-hydrogen) atoms. The summed E-state index contributed by atoms with van der Waals surface area (Å²) in [7, 11) is 2.99. The maximum absolute atomic E-state index is 12.4. The van der Waals surface area contributed by atoms with Crippen LogP contribution in [0.5, 0.6) is 11.5 Å². The minimum atomic E-state index is -0.627. The van der Waals surface area contributed by atoms with E-state index < -0.39 is 12.0 Å². The van der Waals surface area contributed by atoms with Gasteiger partial charge < -0.3 is 19.1 Å². The molecule has 2 fully saturated rings. The van der Waals surface area contributed by atoms with Crippen LogP contribution in [0.3, 0.4) is 0 Å². The number of ether oxygens (including phenoxy) is 3. The van der Waals surface area contributed by atoms with Crippen molar-refractivity contribution in [2.24, 2.45) is 0 Å². The molecule has 140 valence electrons. The van der Waals surface area contributed by atoms with Crippen molar-refractivity contribution in [1.82, 2.24) is 4.90 Å². The average molecular weight is 379 g/mol. The van der Waals surface area contributed by atoms with Crippen molar-refractivity contribution in [2.45, 2.75) is 30.7 Å². The first-order valence-corrected chi connectivity index (χ1v) is 9.26. The Bertz CT molecular complexity index is 751. The fourth-order valence-corrected chi connectivity index (χ4v) is 4.74. The maximum Gasteiger partial charge on any atom is 0.330 e. The highest BCUT2D eigenvalue weighted by Gasteiger charge is 2.53. The Morgan fingerprint density at radius 1 is 1.27 bits per heavy atom. The number of hydrogen-bond donors (Lipinski definition) is 0. The number of amides is 1. The lowest BCUT2D eigenvalue weighted by Crippen LogP contribution is -2.46. The average Bonchev–Trinajstić information content (AvgIpc) is 3.14. The van der Waals surface area contributed by atoms with Gasteiger partial charge in [0.2, 0.25) is 5.91 Å². The van der Waals surface area contributed by atoms with Crippen LogP contribution in [0.4, 0.5) is 0 Å². The zero-order valence-electron chi connectivity index (χ0n) is 14.9. The number of thioether (sulfide) groups is 1. The SMILES string of the molecule is COc1ccc(C(=O)COC(=O)[C@@H]2CS[C@]3(C)CCC(=O)N23)cc1OC. The largest absolute Gasteiger partial charge is 0.493 e. The van der Waals surface area contributed by atoms with Gasteiger partial charge in [0.05, 0.1) is 19.1 Å². The summed E-state index contributed by atoms with van der Waals surface area (Å²) in [5.41, 5.74) is 0.360. The highest BCUT2D eigenvalue weighted by Crippen LogP contribution is 2.47. The molecule has 2 heterocycles. The molecule has 2 atom stereocenters. The second-order valence-corrected chi connectivity index (χ2v) is 7.87. The van der Waals surface area contributed by atoms with Gasteiger partial charge in [-0.1, -0.05) is 0 Å². The summed E-state index contributed by atoms with van der Waals surface area (Å²) in [5, 5.41) is 0. The number of rotatable bonds is 6. The van der Waals surface area contributed by atoms with Gasteiger partial charge in [-0.25, -0.2) is 4.79 Å². The van der Waals surface area contributed by atoms with Gasteiger partial charge in [-0.3, -0.25) is 9.59 Å². The van der Waals surface area contributed by atoms with E-state index in [0.717, 1.165) is 6.42 Å². The zero-order valence-corrected chi connectivity index (χ0v) is 15.8. The van der Waals surface area contributed by atoms with Crippen LogP contribution in [0, 0.1) is 0 Å². The van der Waals surface area contributed by atoms with Gasteiger partial charge in [0, 0.05) is 17.7 Å². The molecule has 1 amide bonds. The Morgan fingerprint density at radius 3 is 2.69 bits per heavy atom. The molecule has 2 aliphatic rings. The van der Waals surface area contributed by atoms with E-state index in [1.54, 1.807) is 34.9 Å². The van der Waals surface area contributed by atoms with E-state index in [0.29, 0.717) is 29.2 Å². The molecular weight excluding hydrogens is 358 g/mol. The third-order valence-corrected chi connectivity index (χ3v) is 6.27. The Kier molecular flexibility index (Phi) is 5.13. The minimum Gasteiger partial charge on any atom is -0.493 e. The van der Waals surface area contributed by atoms with E-state index in [2.05, 4.69) is 0 Å². The van der Waals surface area contributed by atoms with Crippen molar-refractivity contribution in [3.63, 3.8) is 0 Å². The number of fused-ring (bicyclic) bond motifs is 1. The van der Waals surface area contributed by atoms with Crippen LogP contribution in [-0.2, 0) is 14.3 Å². The number of methoxy groups -OCH3 is 2. The maximum atomic E-state index is 12.4. The topological polar surface area (TPSA) is 82.1 Å². The molecule has 0 aromatic heterocycles. The van der Waals surface area contributed by atoms with E-state index in [-0.39, 0.29) is 23.2 Å². The quantitative estimate of drug-likeness (QED) is 0.551. The number of esters is 1. The number of benzene rings is 1. The van der Waals surface area contributed by atoms with Gasteiger partial charge in [-0.15, -0.1) is 11.8 Å². The zero-order chi connectivity index (χ0) is 18.9. The van der Waals surface area contributed by atoms with Crippen LogP contribution in [0.25, 0.3) is 0 Å². The molecule has 0 aliphatic carbocycles. The number of Topliss-reactive ketones (excluding diaryl/α,β-unsaturated/α-hetero) is 1. The van der Waals surface area contributed by atoms with E-state index in [1.807, 2.05) is 6.92 Å². The number of carbonyl (C=O) groups excluding carboxylic acids is 3. The first kappa shape index (κ1) is 18.6. The van der Waals surface area contributed by atoms with E-state index in [9.17, 15) is 14.4 Å². The molecule has 0 unspecified atom stereocenters. The summed E-state index contributed by atoms with van der Waals surface area (Å²) in [5.74, 6) is 0.508. The first-order chi connectivity index (χ1) is 12.4. The van der Waals surface area contributed by atoms with Gasteiger partial charge in [-0.2, -0.15) is 0 Å². The molecule has 2 saturated heterocycles. The molecule has 0 radical (unpaired) electrons. The number of carbonyl (C=O) groups is 3. The third kappa shape index (κ3) is 3.25. The summed E-state index contributed by atoms with van der Waals surface area (Å²) in [6, 6.07) is 4.12.